The van der Waals surface area contributed by atoms with Gasteiger partial charge in [0.2, 0.25) is 5.78 Å². The molecule has 1 heterocycles. The monoisotopic (exact) mass is 257 g/mol. The Balaban J connectivity index is 2.30. The van der Waals surface area contributed by atoms with Crippen LogP contribution in [0.3, 0.4) is 0 Å². The van der Waals surface area contributed by atoms with Crippen molar-refractivity contribution >= 4 is 11.8 Å². The van der Waals surface area contributed by atoms with Gasteiger partial charge in [0.05, 0.1) is 17.9 Å². The molecule has 0 aliphatic carbocycles. The van der Waals surface area contributed by atoms with Crippen LogP contribution in [0.1, 0.15) is 39.0 Å². The number of nitrogens with one attached hydrogen (secondary N) is 1. The van der Waals surface area contributed by atoms with Crippen LogP contribution in [0.5, 0.6) is 0 Å². The number of benzene rings is 1. The first-order chi connectivity index (χ1) is 9.13. The van der Waals surface area contributed by atoms with Crippen LogP contribution in [0.25, 0.3) is 0 Å². The molecule has 0 radical (unpaired) electrons. The fraction of sp³-hybridized carbons (Fsp3) is 0.200. The van der Waals surface area contributed by atoms with Crippen LogP contribution in [0, 0.1) is 6.92 Å². The van der Waals surface area contributed by atoms with E-state index in [0.29, 0.717) is 29.1 Å². The minimum Gasteiger partial charge on any atom is -0.462 e. The average Bonchev–Trinajstić information content (AvgIpc) is 2.81. The van der Waals surface area contributed by atoms with Gasteiger partial charge in [-0.25, -0.2) is 4.79 Å². The highest BCUT2D eigenvalue weighted by Crippen LogP contribution is 2.15. The summed E-state index contributed by atoms with van der Waals surface area (Å²) in [6.45, 7) is 3.80. The minimum atomic E-state index is -0.414. The van der Waals surface area contributed by atoms with Crippen LogP contribution in [-0.4, -0.2) is 23.3 Å². The number of carbonyl (C=O) groups excluding carboxylic acids is 2. The van der Waals surface area contributed by atoms with Gasteiger partial charge in [-0.1, -0.05) is 30.3 Å². The van der Waals surface area contributed by atoms with E-state index in [0.717, 1.165) is 0 Å². The standard InChI is InChI=1S/C15H15NO3/c1-3-19-15(18)12-9-13(16-10(12)2)14(17)11-7-5-4-6-8-11/h4-9,16H,3H2,1-2H3. The molecule has 1 aromatic carbocycles. The molecule has 0 fully saturated rings. The molecule has 0 saturated carbocycles. The lowest BCUT2D eigenvalue weighted by molar-refractivity contribution is 0.0525. The number of H-pyrrole nitrogens is 1. The maximum absolute atomic E-state index is 12.2. The smallest absolute Gasteiger partial charge is 0.339 e. The lowest BCUT2D eigenvalue weighted by Gasteiger charge is -1.98. The fourth-order valence-electron chi connectivity index (χ4n) is 1.85. The van der Waals surface area contributed by atoms with Gasteiger partial charge in [0.25, 0.3) is 0 Å². The zero-order valence-electron chi connectivity index (χ0n) is 10.9. The van der Waals surface area contributed by atoms with Crippen LogP contribution in [0.2, 0.25) is 0 Å². The van der Waals surface area contributed by atoms with Gasteiger partial charge in [0, 0.05) is 11.3 Å². The number of ketones is 1. The lowest BCUT2D eigenvalue weighted by Crippen LogP contribution is -2.04. The Morgan fingerprint density at radius 3 is 2.53 bits per heavy atom. The van der Waals surface area contributed by atoms with Gasteiger partial charge in [-0.3, -0.25) is 4.79 Å². The summed E-state index contributed by atoms with van der Waals surface area (Å²) in [7, 11) is 0. The van der Waals surface area contributed by atoms with Crippen LogP contribution < -0.4 is 0 Å². The maximum Gasteiger partial charge on any atom is 0.339 e. The Morgan fingerprint density at radius 2 is 1.89 bits per heavy atom. The van der Waals surface area contributed by atoms with E-state index in [1.807, 2.05) is 6.07 Å². The summed E-state index contributed by atoms with van der Waals surface area (Å²) in [6.07, 6.45) is 0. The number of ether oxygens (including phenoxy) is 1. The third kappa shape index (κ3) is 2.73. The summed E-state index contributed by atoms with van der Waals surface area (Å²) in [5.41, 5.74) is 2.02. The van der Waals surface area contributed by atoms with Crippen molar-refractivity contribution in [3.05, 3.63) is 58.9 Å². The summed E-state index contributed by atoms with van der Waals surface area (Å²) < 4.78 is 4.94. The second-order valence-corrected chi connectivity index (χ2v) is 4.14. The second-order valence-electron chi connectivity index (χ2n) is 4.14. The maximum atomic E-state index is 12.2. The van der Waals surface area contributed by atoms with Crippen molar-refractivity contribution in [2.45, 2.75) is 13.8 Å². The Kier molecular flexibility index (Phi) is 3.80. The topological polar surface area (TPSA) is 59.2 Å². The normalized spacial score (nSPS) is 10.2. The van der Waals surface area contributed by atoms with Crippen molar-refractivity contribution in [1.82, 2.24) is 4.98 Å². The highest BCUT2D eigenvalue weighted by Gasteiger charge is 2.18. The molecule has 2 rings (SSSR count). The zero-order chi connectivity index (χ0) is 13.8. The van der Waals surface area contributed by atoms with E-state index in [4.69, 9.17) is 4.74 Å². The molecule has 1 N–H and O–H groups in total. The van der Waals surface area contributed by atoms with Crippen LogP contribution in [0.15, 0.2) is 36.4 Å². The van der Waals surface area contributed by atoms with Crippen LogP contribution >= 0.6 is 0 Å². The SMILES string of the molecule is CCOC(=O)c1cc(C(=O)c2ccccc2)[nH]c1C. The van der Waals surface area contributed by atoms with Gasteiger partial charge in [0.15, 0.2) is 0 Å². The molecule has 0 aliphatic rings. The molecule has 0 unspecified atom stereocenters. The number of esters is 1. The summed E-state index contributed by atoms with van der Waals surface area (Å²) in [4.78, 5) is 26.8. The van der Waals surface area contributed by atoms with E-state index in [1.54, 1.807) is 44.2 Å². The number of hydrogen-bond acceptors (Lipinski definition) is 3. The third-order valence-corrected chi connectivity index (χ3v) is 2.79. The van der Waals surface area contributed by atoms with Crippen molar-refractivity contribution in [3.63, 3.8) is 0 Å². The predicted molar refractivity (Wildman–Crippen MR) is 71.4 cm³/mol. The first-order valence-corrected chi connectivity index (χ1v) is 6.10. The Morgan fingerprint density at radius 1 is 1.21 bits per heavy atom. The van der Waals surface area contributed by atoms with Crippen molar-refractivity contribution < 1.29 is 14.3 Å². The highest BCUT2D eigenvalue weighted by molar-refractivity contribution is 6.09. The largest absolute Gasteiger partial charge is 0.462 e. The molecule has 0 spiro atoms. The van der Waals surface area contributed by atoms with Crippen molar-refractivity contribution in [3.8, 4) is 0 Å². The van der Waals surface area contributed by atoms with E-state index in [9.17, 15) is 9.59 Å². The number of carbonyl (C=O) groups is 2. The van der Waals surface area contributed by atoms with Crippen molar-refractivity contribution in [2.24, 2.45) is 0 Å². The summed E-state index contributed by atoms with van der Waals surface area (Å²) in [5.74, 6) is -0.553. The number of aryl methyl sites for hydroxylation is 1. The molecule has 2 aromatic rings. The van der Waals surface area contributed by atoms with Crippen molar-refractivity contribution in [1.29, 1.82) is 0 Å². The average molecular weight is 257 g/mol. The predicted octanol–water partition coefficient (Wildman–Crippen LogP) is 2.73. The number of aromatic nitrogens is 1. The highest BCUT2D eigenvalue weighted by atomic mass is 16.5. The molecule has 0 aliphatic heterocycles. The minimum absolute atomic E-state index is 0.140. The quantitative estimate of drug-likeness (QED) is 0.676. The van der Waals surface area contributed by atoms with Crippen LogP contribution in [-0.2, 0) is 4.74 Å². The number of hydrogen-bond donors (Lipinski definition) is 1. The second kappa shape index (κ2) is 5.52. The Bertz CT molecular complexity index is 599. The van der Waals surface area contributed by atoms with E-state index in [2.05, 4.69) is 4.98 Å². The molecular formula is C15H15NO3. The summed E-state index contributed by atoms with van der Waals surface area (Å²) >= 11 is 0. The molecule has 98 valence electrons. The molecule has 0 atom stereocenters. The lowest BCUT2D eigenvalue weighted by atomic mass is 10.1. The summed E-state index contributed by atoms with van der Waals surface area (Å²) in [5, 5.41) is 0. The summed E-state index contributed by atoms with van der Waals surface area (Å²) in [6, 6.07) is 10.5. The molecule has 0 bridgehead atoms. The van der Waals surface area contributed by atoms with Crippen molar-refractivity contribution in [2.75, 3.05) is 6.61 Å². The van der Waals surface area contributed by atoms with E-state index in [-0.39, 0.29) is 5.78 Å². The van der Waals surface area contributed by atoms with Gasteiger partial charge in [-0.05, 0) is 19.9 Å². The first kappa shape index (κ1) is 13.1. The van der Waals surface area contributed by atoms with E-state index < -0.39 is 5.97 Å². The Labute approximate surface area is 111 Å². The van der Waals surface area contributed by atoms with Gasteiger partial charge in [0.1, 0.15) is 0 Å². The molecular weight excluding hydrogens is 242 g/mol. The van der Waals surface area contributed by atoms with Gasteiger partial charge >= 0.3 is 5.97 Å². The van der Waals surface area contributed by atoms with Gasteiger partial charge in [-0.15, -0.1) is 0 Å². The zero-order valence-corrected chi connectivity index (χ0v) is 10.9. The molecule has 0 amide bonds. The number of aromatic amines is 1. The van der Waals surface area contributed by atoms with E-state index >= 15 is 0 Å². The van der Waals surface area contributed by atoms with Gasteiger partial charge in [-0.2, -0.15) is 0 Å². The fourth-order valence-corrected chi connectivity index (χ4v) is 1.85. The molecule has 0 saturated heterocycles. The molecule has 1 aromatic heterocycles. The molecule has 4 heteroatoms. The van der Waals surface area contributed by atoms with E-state index in [1.165, 1.54) is 0 Å². The molecule has 19 heavy (non-hydrogen) atoms. The first-order valence-electron chi connectivity index (χ1n) is 6.10. The van der Waals surface area contributed by atoms with Crippen LogP contribution in [0.4, 0.5) is 0 Å². The number of rotatable bonds is 4. The van der Waals surface area contributed by atoms with Gasteiger partial charge < -0.3 is 9.72 Å². The Hall–Kier alpha value is -2.36. The third-order valence-electron chi connectivity index (χ3n) is 2.79. The molecule has 4 nitrogen and oxygen atoms in total.